The van der Waals surface area contributed by atoms with Gasteiger partial charge in [-0.2, -0.15) is 0 Å². The fourth-order valence-electron chi connectivity index (χ4n) is 2.38. The number of benzene rings is 2. The number of nitrogens with zero attached hydrogens (tertiary/aromatic N) is 1. The third-order valence-corrected chi connectivity index (χ3v) is 3.67. The zero-order valence-corrected chi connectivity index (χ0v) is 12.7. The summed E-state index contributed by atoms with van der Waals surface area (Å²) in [6.07, 6.45) is 0.643. The first kappa shape index (κ1) is 14.8. The molecule has 0 fully saturated rings. The normalized spacial score (nSPS) is 10.7. The van der Waals surface area contributed by atoms with Crippen molar-refractivity contribution in [3.63, 3.8) is 0 Å². The minimum absolute atomic E-state index is 0.117. The van der Waals surface area contributed by atoms with E-state index in [0.717, 1.165) is 5.69 Å². The molecule has 0 radical (unpaired) electrons. The lowest BCUT2D eigenvalue weighted by Gasteiger charge is -2.13. The van der Waals surface area contributed by atoms with E-state index in [1.807, 2.05) is 31.1 Å². The Kier molecular flexibility index (Phi) is 3.62. The van der Waals surface area contributed by atoms with Crippen molar-refractivity contribution in [3.05, 3.63) is 58.3 Å². The lowest BCUT2D eigenvalue weighted by atomic mass is 10.1. The molecule has 3 aromatic rings. The van der Waals surface area contributed by atoms with Crippen LogP contribution >= 0.6 is 0 Å². The highest BCUT2D eigenvalue weighted by Crippen LogP contribution is 2.31. The molecule has 5 heteroatoms. The predicted octanol–water partition coefficient (Wildman–Crippen LogP) is 3.04. The van der Waals surface area contributed by atoms with Crippen LogP contribution in [0.5, 0.6) is 5.75 Å². The first-order valence-electron chi connectivity index (χ1n) is 7.04. The van der Waals surface area contributed by atoms with E-state index >= 15 is 0 Å². The van der Waals surface area contributed by atoms with Gasteiger partial charge in [-0.05, 0) is 42.5 Å². The lowest BCUT2D eigenvalue weighted by Crippen LogP contribution is -2.08. The van der Waals surface area contributed by atoms with Crippen molar-refractivity contribution in [1.29, 1.82) is 0 Å². The highest BCUT2D eigenvalue weighted by Gasteiger charge is 2.15. The maximum absolute atomic E-state index is 12.3. The van der Waals surface area contributed by atoms with Crippen LogP contribution in [-0.4, -0.2) is 25.5 Å². The fraction of sp³-hybridized carbons (Fsp3) is 0.111. The Bertz CT molecular complexity index is 940. The standard InChI is InChI=1S/C18H15NO4/c1-19(2)13-6-4-12(5-7-13)18-17(22)16(21)14-9-11(10-20)3-8-15(14)23-18/h3-10,22H,1-2H3. The monoisotopic (exact) mass is 309 g/mol. The van der Waals surface area contributed by atoms with Crippen LogP contribution in [0.15, 0.2) is 51.7 Å². The molecule has 0 saturated carbocycles. The van der Waals surface area contributed by atoms with Crippen molar-refractivity contribution in [1.82, 2.24) is 0 Å². The Labute approximate surface area is 132 Å². The average molecular weight is 309 g/mol. The minimum atomic E-state index is -0.554. The highest BCUT2D eigenvalue weighted by molar-refractivity contribution is 5.88. The number of aldehydes is 1. The summed E-state index contributed by atoms with van der Waals surface area (Å²) < 4.78 is 5.68. The zero-order chi connectivity index (χ0) is 16.6. The third-order valence-electron chi connectivity index (χ3n) is 3.67. The second-order valence-electron chi connectivity index (χ2n) is 5.42. The molecule has 3 rings (SSSR count). The first-order valence-corrected chi connectivity index (χ1v) is 7.04. The molecule has 116 valence electrons. The van der Waals surface area contributed by atoms with Crippen LogP contribution in [0.2, 0.25) is 0 Å². The van der Waals surface area contributed by atoms with E-state index in [0.29, 0.717) is 23.0 Å². The van der Waals surface area contributed by atoms with Gasteiger partial charge < -0.3 is 14.4 Å². The molecule has 1 N–H and O–H groups in total. The van der Waals surface area contributed by atoms with E-state index in [-0.39, 0.29) is 11.1 Å². The van der Waals surface area contributed by atoms with Gasteiger partial charge in [0.1, 0.15) is 11.9 Å². The second-order valence-corrected chi connectivity index (χ2v) is 5.42. The molecule has 0 spiro atoms. The Morgan fingerprint density at radius 2 is 1.78 bits per heavy atom. The molecular formula is C18H15NO4. The van der Waals surface area contributed by atoms with Gasteiger partial charge in [0.15, 0.2) is 5.76 Å². The Morgan fingerprint density at radius 1 is 1.09 bits per heavy atom. The van der Waals surface area contributed by atoms with Gasteiger partial charge in [-0.25, -0.2) is 0 Å². The summed E-state index contributed by atoms with van der Waals surface area (Å²) in [5.41, 5.74) is 1.72. The number of aromatic hydroxyl groups is 1. The second kappa shape index (κ2) is 5.61. The SMILES string of the molecule is CN(C)c1ccc(-c2oc3ccc(C=O)cc3c(=O)c2O)cc1. The topological polar surface area (TPSA) is 70.8 Å². The fourth-order valence-corrected chi connectivity index (χ4v) is 2.38. The summed E-state index contributed by atoms with van der Waals surface area (Å²) in [5.74, 6) is -0.343. The molecule has 2 aromatic carbocycles. The van der Waals surface area contributed by atoms with E-state index in [2.05, 4.69) is 0 Å². The van der Waals surface area contributed by atoms with E-state index in [9.17, 15) is 14.7 Å². The number of carbonyl (C=O) groups is 1. The molecular weight excluding hydrogens is 294 g/mol. The molecule has 0 atom stereocenters. The number of carbonyl (C=O) groups excluding carboxylic acids is 1. The van der Waals surface area contributed by atoms with Gasteiger partial charge in [0.25, 0.3) is 0 Å². The van der Waals surface area contributed by atoms with E-state index in [1.165, 1.54) is 6.07 Å². The number of rotatable bonds is 3. The molecule has 0 unspecified atom stereocenters. The zero-order valence-electron chi connectivity index (χ0n) is 12.7. The summed E-state index contributed by atoms with van der Waals surface area (Å²) in [6.45, 7) is 0. The van der Waals surface area contributed by atoms with Gasteiger partial charge in [0, 0.05) is 30.9 Å². The molecule has 0 saturated heterocycles. The Morgan fingerprint density at radius 3 is 2.39 bits per heavy atom. The predicted molar refractivity (Wildman–Crippen MR) is 89.3 cm³/mol. The molecule has 0 bridgehead atoms. The molecule has 0 aliphatic heterocycles. The van der Waals surface area contributed by atoms with Crippen LogP contribution in [0.4, 0.5) is 5.69 Å². The van der Waals surface area contributed by atoms with Crippen LogP contribution in [0, 0.1) is 0 Å². The summed E-state index contributed by atoms with van der Waals surface area (Å²) >= 11 is 0. The summed E-state index contributed by atoms with van der Waals surface area (Å²) in [4.78, 5) is 25.1. The van der Waals surface area contributed by atoms with E-state index < -0.39 is 11.2 Å². The van der Waals surface area contributed by atoms with Crippen LogP contribution < -0.4 is 10.3 Å². The summed E-state index contributed by atoms with van der Waals surface area (Å²) in [7, 11) is 3.85. The number of fused-ring (bicyclic) bond motifs is 1. The van der Waals surface area contributed by atoms with Gasteiger partial charge in [0.2, 0.25) is 11.2 Å². The van der Waals surface area contributed by atoms with Crippen molar-refractivity contribution in [2.45, 2.75) is 0 Å². The Balaban J connectivity index is 2.20. The van der Waals surface area contributed by atoms with E-state index in [1.54, 1.807) is 24.3 Å². The summed E-state index contributed by atoms with van der Waals surface area (Å²) in [5, 5.41) is 10.4. The third kappa shape index (κ3) is 2.57. The molecule has 23 heavy (non-hydrogen) atoms. The minimum Gasteiger partial charge on any atom is -0.502 e. The van der Waals surface area contributed by atoms with Crippen molar-refractivity contribution < 1.29 is 14.3 Å². The van der Waals surface area contributed by atoms with Gasteiger partial charge in [-0.15, -0.1) is 0 Å². The molecule has 1 aromatic heterocycles. The number of anilines is 1. The first-order chi connectivity index (χ1) is 11.0. The van der Waals surface area contributed by atoms with Crippen LogP contribution in [0.3, 0.4) is 0 Å². The van der Waals surface area contributed by atoms with Crippen LogP contribution in [0.25, 0.3) is 22.3 Å². The maximum atomic E-state index is 12.3. The summed E-state index contributed by atoms with van der Waals surface area (Å²) in [6, 6.07) is 11.8. The molecule has 1 heterocycles. The van der Waals surface area contributed by atoms with Crippen molar-refractivity contribution in [2.75, 3.05) is 19.0 Å². The largest absolute Gasteiger partial charge is 0.502 e. The van der Waals surface area contributed by atoms with Gasteiger partial charge >= 0.3 is 0 Å². The van der Waals surface area contributed by atoms with Gasteiger partial charge in [0.05, 0.1) is 5.39 Å². The number of hydrogen-bond donors (Lipinski definition) is 1. The molecule has 0 aliphatic carbocycles. The van der Waals surface area contributed by atoms with Crippen molar-refractivity contribution >= 4 is 22.9 Å². The van der Waals surface area contributed by atoms with Crippen molar-refractivity contribution in [2.24, 2.45) is 0 Å². The van der Waals surface area contributed by atoms with E-state index in [4.69, 9.17) is 4.42 Å². The molecule has 0 amide bonds. The smallest absolute Gasteiger partial charge is 0.235 e. The van der Waals surface area contributed by atoms with Crippen molar-refractivity contribution in [3.8, 4) is 17.1 Å². The molecule has 0 aliphatic rings. The number of hydrogen-bond acceptors (Lipinski definition) is 5. The lowest BCUT2D eigenvalue weighted by molar-refractivity contribution is 0.112. The highest BCUT2D eigenvalue weighted by atomic mass is 16.4. The van der Waals surface area contributed by atoms with Crippen LogP contribution in [0.1, 0.15) is 10.4 Å². The van der Waals surface area contributed by atoms with Gasteiger partial charge in [-0.1, -0.05) is 0 Å². The van der Waals surface area contributed by atoms with Gasteiger partial charge in [-0.3, -0.25) is 9.59 Å². The Hall–Kier alpha value is -3.08. The quantitative estimate of drug-likeness (QED) is 0.753. The maximum Gasteiger partial charge on any atom is 0.235 e. The van der Waals surface area contributed by atoms with Crippen LogP contribution in [-0.2, 0) is 0 Å². The molecule has 5 nitrogen and oxygen atoms in total. The average Bonchev–Trinajstić information content (AvgIpc) is 2.58.